The van der Waals surface area contributed by atoms with Crippen molar-refractivity contribution >= 4 is 27.7 Å². The number of benzene rings is 1. The Labute approximate surface area is 120 Å². The van der Waals surface area contributed by atoms with E-state index in [0.717, 1.165) is 0 Å². The van der Waals surface area contributed by atoms with Gasteiger partial charge >= 0.3 is 0 Å². The van der Waals surface area contributed by atoms with E-state index in [1.165, 1.54) is 30.1 Å². The van der Waals surface area contributed by atoms with Crippen LogP contribution in [0.2, 0.25) is 0 Å². The third kappa shape index (κ3) is 4.02. The normalized spacial score (nSPS) is 11.8. The molecule has 6 heteroatoms. The molecule has 1 aromatic carbocycles. The molecular weight excluding hydrogens is 315 g/mol. The summed E-state index contributed by atoms with van der Waals surface area (Å²) >= 11 is 3.20. The second-order valence-electron chi connectivity index (χ2n) is 4.33. The van der Waals surface area contributed by atoms with E-state index in [4.69, 9.17) is 0 Å². The van der Waals surface area contributed by atoms with Gasteiger partial charge in [-0.15, -0.1) is 0 Å². The van der Waals surface area contributed by atoms with Crippen molar-refractivity contribution in [2.45, 2.75) is 6.92 Å². The number of nitrogens with zero attached hydrogens (tertiary/aromatic N) is 1. The molecule has 104 valence electrons. The van der Waals surface area contributed by atoms with Gasteiger partial charge in [0.2, 0.25) is 5.91 Å². The van der Waals surface area contributed by atoms with E-state index >= 15 is 0 Å². The van der Waals surface area contributed by atoms with Crippen molar-refractivity contribution < 1.29 is 14.0 Å². The Morgan fingerprint density at radius 2 is 2.11 bits per heavy atom. The van der Waals surface area contributed by atoms with Gasteiger partial charge < -0.3 is 10.2 Å². The van der Waals surface area contributed by atoms with Gasteiger partial charge in [-0.3, -0.25) is 9.59 Å². The molecule has 0 fully saturated rings. The molecule has 0 saturated heterocycles. The topological polar surface area (TPSA) is 49.4 Å². The Morgan fingerprint density at radius 3 is 2.68 bits per heavy atom. The van der Waals surface area contributed by atoms with Crippen LogP contribution in [0.25, 0.3) is 0 Å². The second-order valence-corrected chi connectivity index (χ2v) is 5.24. The molecule has 1 rings (SSSR count). The first-order chi connectivity index (χ1) is 8.86. The first kappa shape index (κ1) is 15.6. The zero-order chi connectivity index (χ0) is 14.6. The summed E-state index contributed by atoms with van der Waals surface area (Å²) in [5, 5.41) is 2.51. The highest BCUT2D eigenvalue weighted by Gasteiger charge is 2.20. The number of amides is 2. The molecule has 2 amide bonds. The van der Waals surface area contributed by atoms with E-state index in [0.29, 0.717) is 4.47 Å². The van der Waals surface area contributed by atoms with Crippen LogP contribution in [0.3, 0.4) is 0 Å². The van der Waals surface area contributed by atoms with Gasteiger partial charge in [0, 0.05) is 25.1 Å². The third-order valence-corrected chi connectivity index (χ3v) is 3.24. The van der Waals surface area contributed by atoms with Gasteiger partial charge in [0.1, 0.15) is 5.82 Å². The van der Waals surface area contributed by atoms with E-state index in [1.54, 1.807) is 14.0 Å². The molecule has 0 aromatic heterocycles. The average Bonchev–Trinajstić information content (AvgIpc) is 2.39. The van der Waals surface area contributed by atoms with Crippen LogP contribution in [0.15, 0.2) is 22.7 Å². The van der Waals surface area contributed by atoms with Crippen LogP contribution in [0.5, 0.6) is 0 Å². The fourth-order valence-corrected chi connectivity index (χ4v) is 2.05. The van der Waals surface area contributed by atoms with E-state index < -0.39 is 11.7 Å². The molecule has 1 atom stereocenters. The van der Waals surface area contributed by atoms with Crippen LogP contribution in [0.4, 0.5) is 4.39 Å². The molecule has 0 aliphatic carbocycles. The van der Waals surface area contributed by atoms with Gasteiger partial charge in [0.05, 0.1) is 11.5 Å². The molecule has 0 spiro atoms. The number of halogens is 2. The predicted molar refractivity (Wildman–Crippen MR) is 74.3 cm³/mol. The smallest absolute Gasteiger partial charge is 0.256 e. The minimum Gasteiger partial charge on any atom is -0.359 e. The lowest BCUT2D eigenvalue weighted by molar-refractivity contribution is -0.124. The highest BCUT2D eigenvalue weighted by atomic mass is 79.9. The molecule has 1 unspecified atom stereocenters. The molecule has 0 radical (unpaired) electrons. The zero-order valence-corrected chi connectivity index (χ0v) is 12.6. The molecule has 1 aromatic rings. The first-order valence-corrected chi connectivity index (χ1v) is 6.58. The van der Waals surface area contributed by atoms with Crippen LogP contribution >= 0.6 is 15.9 Å². The lowest BCUT2D eigenvalue weighted by atomic mass is 10.1. The molecule has 19 heavy (non-hydrogen) atoms. The van der Waals surface area contributed by atoms with E-state index in [2.05, 4.69) is 21.2 Å². The standard InChI is InChI=1S/C13H16BrFN2O2/c1-8(12(18)16-2)7-17(3)13(19)10-6-9(14)4-5-11(10)15/h4-6,8H,7H2,1-3H3,(H,16,18). The van der Waals surface area contributed by atoms with Crippen LogP contribution in [0.1, 0.15) is 17.3 Å². The van der Waals surface area contributed by atoms with Crippen molar-refractivity contribution in [2.24, 2.45) is 5.92 Å². The molecule has 1 N–H and O–H groups in total. The van der Waals surface area contributed by atoms with E-state index in [1.807, 2.05) is 0 Å². The van der Waals surface area contributed by atoms with Crippen molar-refractivity contribution in [2.75, 3.05) is 20.6 Å². The number of rotatable bonds is 4. The van der Waals surface area contributed by atoms with Gasteiger partial charge in [-0.1, -0.05) is 22.9 Å². The monoisotopic (exact) mass is 330 g/mol. The molecule has 0 aliphatic heterocycles. The van der Waals surface area contributed by atoms with Gasteiger partial charge in [-0.2, -0.15) is 0 Å². The van der Waals surface area contributed by atoms with Crippen molar-refractivity contribution in [3.05, 3.63) is 34.1 Å². The number of hydrogen-bond acceptors (Lipinski definition) is 2. The van der Waals surface area contributed by atoms with Crippen LogP contribution in [0, 0.1) is 11.7 Å². The molecule has 0 saturated carbocycles. The highest BCUT2D eigenvalue weighted by molar-refractivity contribution is 9.10. The summed E-state index contributed by atoms with van der Waals surface area (Å²) in [4.78, 5) is 24.8. The maximum Gasteiger partial charge on any atom is 0.256 e. The van der Waals surface area contributed by atoms with Crippen molar-refractivity contribution in [3.63, 3.8) is 0 Å². The fourth-order valence-electron chi connectivity index (χ4n) is 1.69. The average molecular weight is 331 g/mol. The van der Waals surface area contributed by atoms with Crippen molar-refractivity contribution in [1.29, 1.82) is 0 Å². The first-order valence-electron chi connectivity index (χ1n) is 5.79. The quantitative estimate of drug-likeness (QED) is 0.918. The van der Waals surface area contributed by atoms with Crippen LogP contribution < -0.4 is 5.32 Å². The fraction of sp³-hybridized carbons (Fsp3) is 0.385. The van der Waals surface area contributed by atoms with Crippen molar-refractivity contribution in [3.8, 4) is 0 Å². The minimum atomic E-state index is -0.576. The van der Waals surface area contributed by atoms with Crippen LogP contribution in [-0.2, 0) is 4.79 Å². The Hall–Kier alpha value is -1.43. The van der Waals surface area contributed by atoms with Gasteiger partial charge in [0.25, 0.3) is 5.91 Å². The molecule has 4 nitrogen and oxygen atoms in total. The lowest BCUT2D eigenvalue weighted by Gasteiger charge is -2.21. The van der Waals surface area contributed by atoms with Gasteiger partial charge in [0.15, 0.2) is 0 Å². The Bertz CT molecular complexity index is 494. The Balaban J connectivity index is 2.82. The van der Waals surface area contributed by atoms with Crippen LogP contribution in [-0.4, -0.2) is 37.4 Å². The van der Waals surface area contributed by atoms with E-state index in [9.17, 15) is 14.0 Å². The summed E-state index contributed by atoms with van der Waals surface area (Å²) in [7, 11) is 3.08. The zero-order valence-electron chi connectivity index (χ0n) is 11.0. The largest absolute Gasteiger partial charge is 0.359 e. The summed E-state index contributed by atoms with van der Waals surface area (Å²) in [5.74, 6) is -1.54. The summed E-state index contributed by atoms with van der Waals surface area (Å²) in [6, 6.07) is 4.19. The molecular formula is C13H16BrFN2O2. The summed E-state index contributed by atoms with van der Waals surface area (Å²) in [6.45, 7) is 1.93. The summed E-state index contributed by atoms with van der Waals surface area (Å²) < 4.78 is 14.2. The maximum atomic E-state index is 13.6. The summed E-state index contributed by atoms with van der Waals surface area (Å²) in [6.07, 6.45) is 0. The minimum absolute atomic E-state index is 0.0130. The molecule has 0 heterocycles. The number of carbonyl (C=O) groups is 2. The highest BCUT2D eigenvalue weighted by Crippen LogP contribution is 2.17. The van der Waals surface area contributed by atoms with Crippen molar-refractivity contribution in [1.82, 2.24) is 10.2 Å². The lowest BCUT2D eigenvalue weighted by Crippen LogP contribution is -2.37. The van der Waals surface area contributed by atoms with Gasteiger partial charge in [-0.25, -0.2) is 4.39 Å². The number of nitrogens with one attached hydrogen (secondary N) is 1. The molecule has 0 aliphatic rings. The molecule has 0 bridgehead atoms. The number of hydrogen-bond donors (Lipinski definition) is 1. The third-order valence-electron chi connectivity index (χ3n) is 2.75. The summed E-state index contributed by atoms with van der Waals surface area (Å²) in [5.41, 5.74) is -0.0130. The maximum absolute atomic E-state index is 13.6. The van der Waals surface area contributed by atoms with Gasteiger partial charge in [-0.05, 0) is 18.2 Å². The Kier molecular flexibility index (Phi) is 5.47. The Morgan fingerprint density at radius 1 is 1.47 bits per heavy atom. The SMILES string of the molecule is CNC(=O)C(C)CN(C)C(=O)c1cc(Br)ccc1F. The predicted octanol–water partition coefficient (Wildman–Crippen LogP) is 2.04. The second kappa shape index (κ2) is 6.65. The van der Waals surface area contributed by atoms with E-state index in [-0.39, 0.29) is 23.9 Å². The number of carbonyl (C=O) groups excluding carboxylic acids is 2.